The van der Waals surface area contributed by atoms with E-state index in [0.29, 0.717) is 13.1 Å². The van der Waals surface area contributed by atoms with Crippen molar-refractivity contribution < 1.29 is 4.79 Å². The first-order valence-corrected chi connectivity index (χ1v) is 5.09. The van der Waals surface area contributed by atoms with Gasteiger partial charge in [0.05, 0.1) is 18.9 Å². The molecule has 17 heavy (non-hydrogen) atoms. The number of rotatable bonds is 4. The Hall–Kier alpha value is -2.44. The van der Waals surface area contributed by atoms with Crippen LogP contribution < -0.4 is 11.1 Å². The van der Waals surface area contributed by atoms with Crippen LogP contribution in [0.15, 0.2) is 30.9 Å². The van der Waals surface area contributed by atoms with Crippen molar-refractivity contribution in [2.45, 2.75) is 6.54 Å². The highest BCUT2D eigenvalue weighted by Gasteiger charge is 2.06. The first kappa shape index (κ1) is 11.1. The summed E-state index contributed by atoms with van der Waals surface area (Å²) in [4.78, 5) is 19.3. The third-order valence-corrected chi connectivity index (χ3v) is 2.07. The van der Waals surface area contributed by atoms with E-state index in [1.54, 1.807) is 10.9 Å². The van der Waals surface area contributed by atoms with Crippen molar-refractivity contribution in [2.24, 2.45) is 0 Å². The quantitative estimate of drug-likeness (QED) is 0.753. The van der Waals surface area contributed by atoms with Crippen LogP contribution in [0.5, 0.6) is 0 Å². The van der Waals surface area contributed by atoms with Crippen LogP contribution in [0.4, 0.5) is 5.82 Å². The van der Waals surface area contributed by atoms with Crippen LogP contribution in [-0.2, 0) is 6.54 Å². The zero-order valence-corrected chi connectivity index (χ0v) is 9.08. The van der Waals surface area contributed by atoms with Crippen molar-refractivity contribution in [3.05, 3.63) is 36.5 Å². The largest absolute Gasteiger partial charge is 0.382 e. The molecule has 3 N–H and O–H groups in total. The normalized spacial score (nSPS) is 10.1. The molecule has 0 aliphatic carbocycles. The second kappa shape index (κ2) is 5.06. The first-order valence-electron chi connectivity index (χ1n) is 5.09. The molecule has 0 atom stereocenters. The Morgan fingerprint density at radius 3 is 3.06 bits per heavy atom. The van der Waals surface area contributed by atoms with Gasteiger partial charge in [0.2, 0.25) is 0 Å². The third kappa shape index (κ3) is 3.00. The number of amides is 1. The van der Waals surface area contributed by atoms with Crippen LogP contribution in [0.2, 0.25) is 0 Å². The molecule has 0 radical (unpaired) electrons. The number of anilines is 1. The fourth-order valence-corrected chi connectivity index (χ4v) is 1.30. The molecule has 0 aliphatic rings. The molecule has 88 valence electrons. The predicted octanol–water partition coefficient (Wildman–Crippen LogP) is -0.315. The second-order valence-electron chi connectivity index (χ2n) is 3.35. The lowest BCUT2D eigenvalue weighted by atomic mass is 10.4. The molecule has 2 aromatic heterocycles. The number of hydrogen-bond donors (Lipinski definition) is 2. The van der Waals surface area contributed by atoms with E-state index in [9.17, 15) is 4.79 Å². The molecule has 2 aromatic rings. The minimum Gasteiger partial charge on any atom is -0.382 e. The van der Waals surface area contributed by atoms with E-state index in [4.69, 9.17) is 5.73 Å². The van der Waals surface area contributed by atoms with Gasteiger partial charge in [0.1, 0.15) is 11.5 Å². The maximum atomic E-state index is 11.6. The molecule has 0 bridgehead atoms. The van der Waals surface area contributed by atoms with Crippen LogP contribution in [-0.4, -0.2) is 32.2 Å². The van der Waals surface area contributed by atoms with E-state index in [1.807, 2.05) is 12.3 Å². The van der Waals surface area contributed by atoms with Gasteiger partial charge >= 0.3 is 0 Å². The van der Waals surface area contributed by atoms with Gasteiger partial charge in [-0.2, -0.15) is 5.10 Å². The summed E-state index contributed by atoms with van der Waals surface area (Å²) in [6, 6.07) is 1.82. The molecule has 2 heterocycles. The highest BCUT2D eigenvalue weighted by molar-refractivity contribution is 5.92. The number of nitrogens with two attached hydrogens (primary N) is 1. The number of hydrogen-bond acceptors (Lipinski definition) is 5. The van der Waals surface area contributed by atoms with Gasteiger partial charge < -0.3 is 11.1 Å². The summed E-state index contributed by atoms with van der Waals surface area (Å²) in [6.07, 6.45) is 6.28. The van der Waals surface area contributed by atoms with Crippen LogP contribution in [0.25, 0.3) is 0 Å². The van der Waals surface area contributed by atoms with Gasteiger partial charge in [0.15, 0.2) is 0 Å². The Labute approximate surface area is 97.7 Å². The zero-order valence-electron chi connectivity index (χ0n) is 9.08. The number of aromatic nitrogens is 4. The van der Waals surface area contributed by atoms with Gasteiger partial charge in [0.25, 0.3) is 5.91 Å². The maximum absolute atomic E-state index is 11.6. The van der Waals surface area contributed by atoms with E-state index in [0.717, 1.165) is 0 Å². The number of carbonyl (C=O) groups is 1. The molecule has 0 saturated carbocycles. The minimum atomic E-state index is -0.294. The Kier molecular flexibility index (Phi) is 3.29. The Morgan fingerprint density at radius 1 is 1.47 bits per heavy atom. The summed E-state index contributed by atoms with van der Waals surface area (Å²) in [5, 5.41) is 6.72. The van der Waals surface area contributed by atoms with Gasteiger partial charge in [-0.05, 0) is 6.07 Å². The SMILES string of the molecule is Nc1cncc(C(=O)NCCn2cccn2)n1. The van der Waals surface area contributed by atoms with E-state index < -0.39 is 0 Å². The second-order valence-corrected chi connectivity index (χ2v) is 3.35. The maximum Gasteiger partial charge on any atom is 0.271 e. The smallest absolute Gasteiger partial charge is 0.271 e. The lowest BCUT2D eigenvalue weighted by molar-refractivity contribution is 0.0946. The number of nitrogen functional groups attached to an aromatic ring is 1. The molecule has 0 aliphatic heterocycles. The van der Waals surface area contributed by atoms with Crippen molar-refractivity contribution in [3.63, 3.8) is 0 Å². The summed E-state index contributed by atoms with van der Waals surface area (Å²) in [5.41, 5.74) is 5.65. The van der Waals surface area contributed by atoms with Crippen LogP contribution >= 0.6 is 0 Å². The summed E-state index contributed by atoms with van der Waals surface area (Å²) in [6.45, 7) is 1.07. The summed E-state index contributed by atoms with van der Waals surface area (Å²) in [5.74, 6) is -0.0679. The van der Waals surface area contributed by atoms with Crippen LogP contribution in [0.1, 0.15) is 10.5 Å². The van der Waals surface area contributed by atoms with Crippen molar-refractivity contribution in [2.75, 3.05) is 12.3 Å². The lowest BCUT2D eigenvalue weighted by Crippen LogP contribution is -2.28. The van der Waals surface area contributed by atoms with Crippen molar-refractivity contribution in [1.82, 2.24) is 25.1 Å². The molecule has 7 heteroatoms. The van der Waals surface area contributed by atoms with Crippen molar-refractivity contribution in [1.29, 1.82) is 0 Å². The number of nitrogens with zero attached hydrogens (tertiary/aromatic N) is 4. The first-order chi connectivity index (χ1) is 8.25. The number of nitrogens with one attached hydrogen (secondary N) is 1. The Bertz CT molecular complexity index is 495. The van der Waals surface area contributed by atoms with Gasteiger partial charge in [0, 0.05) is 18.9 Å². The lowest BCUT2D eigenvalue weighted by Gasteiger charge is -2.04. The molecular formula is C10H12N6O. The van der Waals surface area contributed by atoms with Gasteiger partial charge in [-0.15, -0.1) is 0 Å². The van der Waals surface area contributed by atoms with E-state index in [-0.39, 0.29) is 17.4 Å². The molecule has 0 spiro atoms. The average Bonchev–Trinajstić information content (AvgIpc) is 2.82. The van der Waals surface area contributed by atoms with Crippen molar-refractivity contribution in [3.8, 4) is 0 Å². The zero-order chi connectivity index (χ0) is 12.1. The third-order valence-electron chi connectivity index (χ3n) is 2.07. The topological polar surface area (TPSA) is 98.7 Å². The number of carbonyl (C=O) groups excluding carboxylic acids is 1. The standard InChI is InChI=1S/C10H12N6O/c11-9-7-12-6-8(15-9)10(17)13-3-5-16-4-1-2-14-16/h1-2,4,6-7H,3,5H2,(H2,11,15)(H,13,17). The van der Waals surface area contributed by atoms with Crippen LogP contribution in [0.3, 0.4) is 0 Å². The Morgan fingerprint density at radius 2 is 2.35 bits per heavy atom. The van der Waals surface area contributed by atoms with E-state index >= 15 is 0 Å². The summed E-state index contributed by atoms with van der Waals surface area (Å²) in [7, 11) is 0. The highest BCUT2D eigenvalue weighted by Crippen LogP contribution is 1.96. The van der Waals surface area contributed by atoms with E-state index in [2.05, 4.69) is 20.4 Å². The van der Waals surface area contributed by atoms with Crippen molar-refractivity contribution >= 4 is 11.7 Å². The van der Waals surface area contributed by atoms with Crippen LogP contribution in [0, 0.1) is 0 Å². The van der Waals surface area contributed by atoms with E-state index in [1.165, 1.54) is 12.4 Å². The van der Waals surface area contributed by atoms with Gasteiger partial charge in [-0.1, -0.05) is 0 Å². The molecule has 0 fully saturated rings. The average molecular weight is 232 g/mol. The molecular weight excluding hydrogens is 220 g/mol. The predicted molar refractivity (Wildman–Crippen MR) is 61.0 cm³/mol. The fraction of sp³-hybridized carbons (Fsp3) is 0.200. The monoisotopic (exact) mass is 232 g/mol. The van der Waals surface area contributed by atoms with Gasteiger partial charge in [-0.25, -0.2) is 4.98 Å². The fourth-order valence-electron chi connectivity index (χ4n) is 1.30. The molecule has 0 saturated heterocycles. The molecule has 0 aromatic carbocycles. The molecule has 7 nitrogen and oxygen atoms in total. The molecule has 1 amide bonds. The Balaban J connectivity index is 1.85. The summed E-state index contributed by atoms with van der Waals surface area (Å²) >= 11 is 0. The molecule has 0 unspecified atom stereocenters. The molecule has 2 rings (SSSR count). The minimum absolute atomic E-state index is 0.213. The van der Waals surface area contributed by atoms with Gasteiger partial charge in [-0.3, -0.25) is 14.5 Å². The highest BCUT2D eigenvalue weighted by atomic mass is 16.1. The summed E-state index contributed by atoms with van der Waals surface area (Å²) < 4.78 is 1.73.